The van der Waals surface area contributed by atoms with E-state index in [9.17, 15) is 0 Å². The first-order valence-corrected chi connectivity index (χ1v) is 5.46. The fraction of sp³-hybridized carbons (Fsp3) is 0.833. The molecule has 2 atom stereocenters. The predicted octanol–water partition coefficient (Wildman–Crippen LogP) is 4.17. The third kappa shape index (κ3) is 1.73. The van der Waals surface area contributed by atoms with Crippen LogP contribution in [0, 0.1) is 11.3 Å². The number of hydrogen-bond donors (Lipinski definition) is 0. The Bertz CT molecular complexity index is 157. The molecule has 0 radical (unpaired) electrons. The molecule has 2 aliphatic carbocycles. The van der Waals surface area contributed by atoms with Crippen LogP contribution in [-0.2, 0) is 0 Å². The van der Waals surface area contributed by atoms with E-state index < -0.39 is 0 Å². The molecule has 0 aliphatic heterocycles. The van der Waals surface area contributed by atoms with E-state index in [2.05, 4.69) is 19.1 Å². The van der Waals surface area contributed by atoms with Gasteiger partial charge in [0.15, 0.2) is 0 Å². The Balaban J connectivity index is 0.000000336. The minimum atomic E-state index is 0.703. The average molecular weight is 166 g/mol. The van der Waals surface area contributed by atoms with E-state index in [-0.39, 0.29) is 0 Å². The Labute approximate surface area is 77.1 Å². The van der Waals surface area contributed by atoms with Gasteiger partial charge in [0.1, 0.15) is 0 Å². The maximum absolute atomic E-state index is 2.47. The van der Waals surface area contributed by atoms with Gasteiger partial charge in [-0.1, -0.05) is 39.3 Å². The summed E-state index contributed by atoms with van der Waals surface area (Å²) in [4.78, 5) is 0. The van der Waals surface area contributed by atoms with Gasteiger partial charge in [0.05, 0.1) is 0 Å². The Morgan fingerprint density at radius 3 is 2.67 bits per heavy atom. The average Bonchev–Trinajstić information content (AvgIpc) is 2.49. The largest absolute Gasteiger partial charge is 0.0882 e. The van der Waals surface area contributed by atoms with Crippen LogP contribution in [0.25, 0.3) is 0 Å². The van der Waals surface area contributed by atoms with Crippen LogP contribution in [-0.4, -0.2) is 0 Å². The summed E-state index contributed by atoms with van der Waals surface area (Å²) in [6.45, 7) is 6.47. The van der Waals surface area contributed by atoms with Gasteiger partial charge in [0.2, 0.25) is 0 Å². The fourth-order valence-electron chi connectivity index (χ4n) is 2.59. The molecule has 0 aromatic rings. The smallest absolute Gasteiger partial charge is 0.0260 e. The number of allylic oxidation sites excluding steroid dienone is 2. The fourth-order valence-corrected chi connectivity index (χ4v) is 2.59. The zero-order chi connectivity index (χ0) is 9.03. The number of rotatable bonds is 0. The summed E-state index contributed by atoms with van der Waals surface area (Å²) in [5.41, 5.74) is 0.703. The van der Waals surface area contributed by atoms with Gasteiger partial charge in [-0.05, 0) is 37.0 Å². The molecular weight excluding hydrogens is 144 g/mol. The van der Waals surface area contributed by atoms with Gasteiger partial charge >= 0.3 is 0 Å². The van der Waals surface area contributed by atoms with Crippen LogP contribution in [0.3, 0.4) is 0 Å². The Hall–Kier alpha value is -0.260. The van der Waals surface area contributed by atoms with Crippen molar-refractivity contribution in [3.63, 3.8) is 0 Å². The van der Waals surface area contributed by atoms with Crippen LogP contribution in [0.15, 0.2) is 12.2 Å². The Morgan fingerprint density at radius 1 is 1.25 bits per heavy atom. The first-order valence-electron chi connectivity index (χ1n) is 5.46. The van der Waals surface area contributed by atoms with E-state index in [0.717, 1.165) is 5.92 Å². The van der Waals surface area contributed by atoms with Crippen LogP contribution in [0.5, 0.6) is 0 Å². The molecule has 2 aliphatic rings. The Morgan fingerprint density at radius 2 is 2.00 bits per heavy atom. The van der Waals surface area contributed by atoms with Crippen molar-refractivity contribution in [1.29, 1.82) is 0 Å². The molecule has 1 saturated carbocycles. The predicted molar refractivity (Wildman–Crippen MR) is 55.2 cm³/mol. The zero-order valence-electron chi connectivity index (χ0n) is 8.77. The molecule has 0 heterocycles. The van der Waals surface area contributed by atoms with Gasteiger partial charge in [0.25, 0.3) is 0 Å². The maximum Gasteiger partial charge on any atom is -0.0260 e. The molecular formula is C12H22. The van der Waals surface area contributed by atoms with Gasteiger partial charge in [0, 0.05) is 0 Å². The van der Waals surface area contributed by atoms with Crippen molar-refractivity contribution in [3.8, 4) is 0 Å². The van der Waals surface area contributed by atoms with Crippen molar-refractivity contribution >= 4 is 0 Å². The molecule has 12 heavy (non-hydrogen) atoms. The summed E-state index contributed by atoms with van der Waals surface area (Å²) in [5.74, 6) is 1.03. The van der Waals surface area contributed by atoms with Crippen LogP contribution >= 0.6 is 0 Å². The molecule has 70 valence electrons. The second kappa shape index (κ2) is 4.11. The van der Waals surface area contributed by atoms with Crippen molar-refractivity contribution in [3.05, 3.63) is 12.2 Å². The summed E-state index contributed by atoms with van der Waals surface area (Å²) < 4.78 is 0. The molecule has 2 rings (SSSR count). The molecule has 0 nitrogen and oxygen atoms in total. The second-order valence-electron chi connectivity index (χ2n) is 4.15. The van der Waals surface area contributed by atoms with Crippen LogP contribution in [0.4, 0.5) is 0 Å². The van der Waals surface area contributed by atoms with Gasteiger partial charge in [-0.25, -0.2) is 0 Å². The maximum atomic E-state index is 2.47. The standard InChI is InChI=1S/C10H16.C2H6/c1-10-7-3-2-5-9(10)6-4-8-10;1-2/h2-3,9H,4-8H2,1H3;1-2H3. The molecule has 0 spiro atoms. The highest BCUT2D eigenvalue weighted by Gasteiger charge is 2.38. The molecule has 0 heteroatoms. The summed E-state index contributed by atoms with van der Waals surface area (Å²) in [6, 6.07) is 0. The molecule has 0 bridgehead atoms. The molecule has 0 N–H and O–H groups in total. The minimum Gasteiger partial charge on any atom is -0.0882 e. The first kappa shape index (κ1) is 9.83. The van der Waals surface area contributed by atoms with Crippen LogP contribution in [0.1, 0.15) is 52.9 Å². The van der Waals surface area contributed by atoms with E-state index in [1.165, 1.54) is 32.1 Å². The first-order chi connectivity index (χ1) is 5.81. The normalized spacial score (nSPS) is 38.4. The topological polar surface area (TPSA) is 0 Å². The third-order valence-corrected chi connectivity index (χ3v) is 3.46. The number of fused-ring (bicyclic) bond motifs is 1. The van der Waals surface area contributed by atoms with Gasteiger partial charge < -0.3 is 0 Å². The molecule has 0 saturated heterocycles. The van der Waals surface area contributed by atoms with E-state index in [1.54, 1.807) is 0 Å². The van der Waals surface area contributed by atoms with Crippen molar-refractivity contribution in [1.82, 2.24) is 0 Å². The summed E-state index contributed by atoms with van der Waals surface area (Å²) in [6.07, 6.45) is 11.9. The molecule has 1 fully saturated rings. The second-order valence-corrected chi connectivity index (χ2v) is 4.15. The van der Waals surface area contributed by atoms with Gasteiger partial charge in [-0.2, -0.15) is 0 Å². The number of hydrogen-bond acceptors (Lipinski definition) is 0. The molecule has 0 amide bonds. The lowest BCUT2D eigenvalue weighted by Crippen LogP contribution is -2.22. The highest BCUT2D eigenvalue weighted by molar-refractivity contribution is 5.03. The SMILES string of the molecule is CC.CC12CC=CCC1CCC2. The van der Waals surface area contributed by atoms with Crippen molar-refractivity contribution in [2.45, 2.75) is 52.9 Å². The Kier molecular flexibility index (Phi) is 3.37. The minimum absolute atomic E-state index is 0.703. The van der Waals surface area contributed by atoms with Crippen molar-refractivity contribution in [2.75, 3.05) is 0 Å². The quantitative estimate of drug-likeness (QED) is 0.474. The lowest BCUT2D eigenvalue weighted by Gasteiger charge is -2.32. The van der Waals surface area contributed by atoms with E-state index in [1.807, 2.05) is 13.8 Å². The summed E-state index contributed by atoms with van der Waals surface area (Å²) >= 11 is 0. The monoisotopic (exact) mass is 166 g/mol. The van der Waals surface area contributed by atoms with Crippen LogP contribution in [0.2, 0.25) is 0 Å². The molecule has 0 aromatic carbocycles. The van der Waals surface area contributed by atoms with E-state index in [0.29, 0.717) is 5.41 Å². The van der Waals surface area contributed by atoms with Gasteiger partial charge in [-0.3, -0.25) is 0 Å². The van der Waals surface area contributed by atoms with Crippen LogP contribution < -0.4 is 0 Å². The third-order valence-electron chi connectivity index (χ3n) is 3.46. The van der Waals surface area contributed by atoms with Gasteiger partial charge in [-0.15, -0.1) is 0 Å². The summed E-state index contributed by atoms with van der Waals surface area (Å²) in [5, 5.41) is 0. The van der Waals surface area contributed by atoms with E-state index in [4.69, 9.17) is 0 Å². The molecule has 2 unspecified atom stereocenters. The molecule has 0 aromatic heterocycles. The highest BCUT2D eigenvalue weighted by atomic mass is 14.4. The van der Waals surface area contributed by atoms with Crippen molar-refractivity contribution in [2.24, 2.45) is 11.3 Å². The van der Waals surface area contributed by atoms with Crippen molar-refractivity contribution < 1.29 is 0 Å². The van der Waals surface area contributed by atoms with E-state index >= 15 is 0 Å². The highest BCUT2D eigenvalue weighted by Crippen LogP contribution is 2.49. The zero-order valence-corrected chi connectivity index (χ0v) is 8.77. The lowest BCUT2D eigenvalue weighted by molar-refractivity contribution is 0.222. The summed E-state index contributed by atoms with van der Waals surface area (Å²) in [7, 11) is 0. The lowest BCUT2D eigenvalue weighted by atomic mass is 9.73.